The van der Waals surface area contributed by atoms with E-state index in [0.29, 0.717) is 18.1 Å². The van der Waals surface area contributed by atoms with E-state index in [0.717, 1.165) is 12.5 Å². The van der Waals surface area contributed by atoms with Gasteiger partial charge in [0.05, 0.1) is 6.04 Å². The molecule has 1 atom stereocenters. The molecule has 1 aromatic rings. The molecule has 0 aromatic heterocycles. The maximum Gasteiger partial charge on any atom is 0.189 e. The molecule has 5 heteroatoms. The third kappa shape index (κ3) is 2.06. The van der Waals surface area contributed by atoms with Gasteiger partial charge in [-0.15, -0.1) is 0 Å². The topological polar surface area (TPSA) is 50.4 Å². The Bertz CT molecular complexity index is 404. The van der Waals surface area contributed by atoms with Crippen LogP contribution in [0.4, 0.5) is 8.78 Å². The zero-order chi connectivity index (χ0) is 10.8. The van der Waals surface area contributed by atoms with Gasteiger partial charge in [-0.05, 0) is 24.1 Å². The van der Waals surface area contributed by atoms with Crippen molar-refractivity contribution in [2.45, 2.75) is 12.5 Å². The minimum atomic E-state index is -0.838. The van der Waals surface area contributed by atoms with Crippen LogP contribution in [0.5, 0.6) is 0 Å². The standard InChI is InChI=1S/C10H11F2N3/c11-7-2-1-6(5-8(7)12)9-3-4-14-10(13)15-9/h1-2,5,9H,3-4H2,(H3,13,14,15). The van der Waals surface area contributed by atoms with Crippen LogP contribution in [-0.4, -0.2) is 12.5 Å². The summed E-state index contributed by atoms with van der Waals surface area (Å²) >= 11 is 0. The van der Waals surface area contributed by atoms with Gasteiger partial charge in [-0.1, -0.05) is 6.07 Å². The number of nitrogens with one attached hydrogen (secondary N) is 1. The summed E-state index contributed by atoms with van der Waals surface area (Å²) in [4.78, 5) is 3.96. The van der Waals surface area contributed by atoms with Gasteiger partial charge in [-0.3, -0.25) is 4.99 Å². The Morgan fingerprint density at radius 1 is 1.33 bits per heavy atom. The van der Waals surface area contributed by atoms with E-state index in [1.54, 1.807) is 6.07 Å². The summed E-state index contributed by atoms with van der Waals surface area (Å²) in [6, 6.07) is 3.77. The second-order valence-electron chi connectivity index (χ2n) is 3.43. The molecule has 3 nitrogen and oxygen atoms in total. The van der Waals surface area contributed by atoms with Crippen molar-refractivity contribution in [2.75, 3.05) is 6.54 Å². The van der Waals surface area contributed by atoms with Crippen LogP contribution in [0, 0.1) is 11.6 Å². The summed E-state index contributed by atoms with van der Waals surface area (Å²) in [6.45, 7) is 0.600. The maximum absolute atomic E-state index is 13.0. The highest BCUT2D eigenvalue weighted by atomic mass is 19.2. The number of benzene rings is 1. The quantitative estimate of drug-likeness (QED) is 0.736. The third-order valence-corrected chi connectivity index (χ3v) is 2.37. The van der Waals surface area contributed by atoms with Crippen molar-refractivity contribution < 1.29 is 8.78 Å². The normalized spacial score (nSPS) is 20.7. The van der Waals surface area contributed by atoms with Crippen LogP contribution < -0.4 is 11.1 Å². The van der Waals surface area contributed by atoms with Gasteiger partial charge in [0.1, 0.15) is 0 Å². The molecule has 1 heterocycles. The fraction of sp³-hybridized carbons (Fsp3) is 0.300. The predicted octanol–water partition coefficient (Wildman–Crippen LogP) is 1.31. The first-order chi connectivity index (χ1) is 7.16. The highest BCUT2D eigenvalue weighted by Gasteiger charge is 2.16. The maximum atomic E-state index is 13.0. The van der Waals surface area contributed by atoms with Crippen molar-refractivity contribution in [3.63, 3.8) is 0 Å². The van der Waals surface area contributed by atoms with E-state index in [2.05, 4.69) is 10.3 Å². The molecule has 0 radical (unpaired) electrons. The molecular weight excluding hydrogens is 200 g/mol. The Balaban J connectivity index is 2.23. The lowest BCUT2D eigenvalue weighted by atomic mass is 10.0. The van der Waals surface area contributed by atoms with E-state index in [1.165, 1.54) is 6.07 Å². The molecule has 0 saturated heterocycles. The van der Waals surface area contributed by atoms with Gasteiger partial charge in [0.25, 0.3) is 0 Å². The monoisotopic (exact) mass is 211 g/mol. The van der Waals surface area contributed by atoms with Crippen LogP contribution in [0.15, 0.2) is 23.2 Å². The molecular formula is C10H11F2N3. The summed E-state index contributed by atoms with van der Waals surface area (Å²) in [7, 11) is 0. The van der Waals surface area contributed by atoms with Crippen molar-refractivity contribution >= 4 is 5.96 Å². The minimum Gasteiger partial charge on any atom is -0.370 e. The highest BCUT2D eigenvalue weighted by Crippen LogP contribution is 2.20. The fourth-order valence-electron chi connectivity index (χ4n) is 1.59. The van der Waals surface area contributed by atoms with Crippen LogP contribution >= 0.6 is 0 Å². The molecule has 0 amide bonds. The Labute approximate surface area is 86.0 Å². The average molecular weight is 211 g/mol. The van der Waals surface area contributed by atoms with Crippen molar-refractivity contribution in [3.8, 4) is 0 Å². The molecule has 1 aliphatic heterocycles. The molecule has 0 saturated carbocycles. The average Bonchev–Trinajstić information content (AvgIpc) is 2.22. The van der Waals surface area contributed by atoms with Crippen LogP contribution in [0.2, 0.25) is 0 Å². The van der Waals surface area contributed by atoms with E-state index < -0.39 is 11.6 Å². The summed E-state index contributed by atoms with van der Waals surface area (Å²) in [5.41, 5.74) is 6.19. The van der Waals surface area contributed by atoms with Crippen LogP contribution in [0.25, 0.3) is 0 Å². The first-order valence-electron chi connectivity index (χ1n) is 4.68. The van der Waals surface area contributed by atoms with Crippen LogP contribution in [0.1, 0.15) is 18.0 Å². The Morgan fingerprint density at radius 3 is 2.80 bits per heavy atom. The number of rotatable bonds is 1. The predicted molar refractivity (Wildman–Crippen MR) is 53.3 cm³/mol. The third-order valence-electron chi connectivity index (χ3n) is 2.37. The number of nitrogens with zero attached hydrogens (tertiary/aromatic N) is 1. The summed E-state index contributed by atoms with van der Waals surface area (Å²) in [6.07, 6.45) is 0.728. The molecule has 2 rings (SSSR count). The van der Waals surface area contributed by atoms with Gasteiger partial charge in [-0.2, -0.15) is 0 Å². The van der Waals surface area contributed by atoms with Gasteiger partial charge in [0, 0.05) is 6.54 Å². The molecule has 1 aliphatic rings. The van der Waals surface area contributed by atoms with E-state index in [4.69, 9.17) is 5.73 Å². The zero-order valence-electron chi connectivity index (χ0n) is 8.00. The molecule has 3 N–H and O–H groups in total. The Kier molecular flexibility index (Phi) is 2.53. The molecule has 1 aromatic carbocycles. The number of halogens is 2. The van der Waals surface area contributed by atoms with Gasteiger partial charge in [0.15, 0.2) is 17.6 Å². The molecule has 0 spiro atoms. The van der Waals surface area contributed by atoms with Gasteiger partial charge >= 0.3 is 0 Å². The lowest BCUT2D eigenvalue weighted by Crippen LogP contribution is -2.38. The number of guanidine groups is 1. The number of aliphatic imine (C=N–C) groups is 1. The zero-order valence-corrected chi connectivity index (χ0v) is 8.00. The molecule has 0 bridgehead atoms. The van der Waals surface area contributed by atoms with Crippen molar-refractivity contribution in [1.29, 1.82) is 0 Å². The molecule has 0 fully saturated rings. The molecule has 15 heavy (non-hydrogen) atoms. The summed E-state index contributed by atoms with van der Waals surface area (Å²) in [5.74, 6) is -1.33. The Morgan fingerprint density at radius 2 is 2.13 bits per heavy atom. The first-order valence-corrected chi connectivity index (χ1v) is 4.68. The second-order valence-corrected chi connectivity index (χ2v) is 3.43. The lowest BCUT2D eigenvalue weighted by molar-refractivity contribution is 0.499. The number of nitrogens with two attached hydrogens (primary N) is 1. The SMILES string of the molecule is NC1=NCCC(c2ccc(F)c(F)c2)N1. The highest BCUT2D eigenvalue weighted by molar-refractivity contribution is 5.78. The summed E-state index contributed by atoms with van der Waals surface area (Å²) in [5, 5.41) is 2.92. The smallest absolute Gasteiger partial charge is 0.189 e. The largest absolute Gasteiger partial charge is 0.370 e. The molecule has 0 aliphatic carbocycles. The van der Waals surface area contributed by atoms with Gasteiger partial charge in [0.2, 0.25) is 0 Å². The van der Waals surface area contributed by atoms with Gasteiger partial charge < -0.3 is 11.1 Å². The number of hydrogen-bond acceptors (Lipinski definition) is 3. The van der Waals surface area contributed by atoms with E-state index in [9.17, 15) is 8.78 Å². The second kappa shape index (κ2) is 3.84. The molecule has 80 valence electrons. The van der Waals surface area contributed by atoms with E-state index in [1.807, 2.05) is 0 Å². The summed E-state index contributed by atoms with van der Waals surface area (Å²) < 4.78 is 25.7. The van der Waals surface area contributed by atoms with Crippen molar-refractivity contribution in [2.24, 2.45) is 10.7 Å². The van der Waals surface area contributed by atoms with E-state index >= 15 is 0 Å². The lowest BCUT2D eigenvalue weighted by Gasteiger charge is -2.22. The van der Waals surface area contributed by atoms with Crippen LogP contribution in [-0.2, 0) is 0 Å². The van der Waals surface area contributed by atoms with Crippen molar-refractivity contribution in [3.05, 3.63) is 35.4 Å². The fourth-order valence-corrected chi connectivity index (χ4v) is 1.59. The van der Waals surface area contributed by atoms with Crippen molar-refractivity contribution in [1.82, 2.24) is 5.32 Å². The van der Waals surface area contributed by atoms with Gasteiger partial charge in [-0.25, -0.2) is 8.78 Å². The number of hydrogen-bond donors (Lipinski definition) is 2. The van der Waals surface area contributed by atoms with Crippen LogP contribution in [0.3, 0.4) is 0 Å². The Hall–Kier alpha value is -1.65. The minimum absolute atomic E-state index is 0.0856. The van der Waals surface area contributed by atoms with E-state index in [-0.39, 0.29) is 6.04 Å². The first kappa shape index (κ1) is 9.89. The molecule has 1 unspecified atom stereocenters.